The lowest BCUT2D eigenvalue weighted by Gasteiger charge is -2.29. The van der Waals surface area contributed by atoms with Crippen LogP contribution in [0.4, 0.5) is 10.1 Å². The first-order valence-corrected chi connectivity index (χ1v) is 12.0. The van der Waals surface area contributed by atoms with Crippen molar-refractivity contribution in [2.75, 3.05) is 31.2 Å². The number of aryl methyl sites for hydroxylation is 1. The Bertz CT molecular complexity index is 1530. The Morgan fingerprint density at radius 1 is 1.14 bits per heavy atom. The average molecular weight is 492 g/mol. The minimum atomic E-state index is -0.378. The van der Waals surface area contributed by atoms with Crippen LogP contribution in [0.3, 0.4) is 0 Å². The first-order chi connectivity index (χ1) is 17.2. The minimum Gasteiger partial charge on any atom is -0.378 e. The number of rotatable bonds is 5. The number of fused-ring (bicyclic) bond motifs is 2. The van der Waals surface area contributed by atoms with E-state index in [1.807, 2.05) is 10.6 Å². The van der Waals surface area contributed by atoms with E-state index >= 15 is 4.39 Å². The third-order valence-corrected chi connectivity index (χ3v) is 6.65. The molecule has 8 nitrogen and oxygen atoms in total. The van der Waals surface area contributed by atoms with Crippen LogP contribution in [0.5, 0.6) is 0 Å². The number of nitrogens with one attached hydrogen (secondary N) is 1. The highest BCUT2D eigenvalue weighted by atomic mass is 35.5. The lowest BCUT2D eigenvalue weighted by Crippen LogP contribution is -2.36. The Hall–Kier alpha value is -3.56. The van der Waals surface area contributed by atoms with Crippen LogP contribution in [0.1, 0.15) is 19.2 Å². The predicted molar refractivity (Wildman–Crippen MR) is 134 cm³/mol. The van der Waals surface area contributed by atoms with Crippen molar-refractivity contribution in [2.45, 2.75) is 19.8 Å². The molecule has 0 spiro atoms. The molecule has 0 unspecified atom stereocenters. The average Bonchev–Trinajstić information content (AvgIpc) is 3.54. The molecule has 0 atom stereocenters. The van der Waals surface area contributed by atoms with Gasteiger partial charge in [0, 0.05) is 37.0 Å². The third kappa shape index (κ3) is 3.71. The first kappa shape index (κ1) is 21.9. The van der Waals surface area contributed by atoms with E-state index < -0.39 is 0 Å². The Kier molecular flexibility index (Phi) is 5.58. The van der Waals surface area contributed by atoms with Crippen LogP contribution in [-0.2, 0) is 11.2 Å². The number of hydrogen-bond donors (Lipinski definition) is 1. The van der Waals surface area contributed by atoms with Gasteiger partial charge in [0.2, 0.25) is 0 Å². The van der Waals surface area contributed by atoms with Gasteiger partial charge in [0.05, 0.1) is 40.3 Å². The van der Waals surface area contributed by atoms with Gasteiger partial charge in [-0.05, 0) is 36.8 Å². The fraction of sp³-hybridized carbons (Fsp3) is 0.280. The number of morpholine rings is 1. The number of anilines is 1. The van der Waals surface area contributed by atoms with Gasteiger partial charge in [0.15, 0.2) is 5.82 Å². The van der Waals surface area contributed by atoms with Crippen LogP contribution >= 0.6 is 11.6 Å². The number of halogens is 2. The summed E-state index contributed by atoms with van der Waals surface area (Å²) in [5.41, 5.74) is 4.57. The van der Waals surface area contributed by atoms with Gasteiger partial charge >= 0.3 is 0 Å². The maximum Gasteiger partial charge on any atom is 0.163 e. The lowest BCUT2D eigenvalue weighted by molar-refractivity contribution is 0.122. The zero-order valence-corrected chi connectivity index (χ0v) is 19.9. The standard InChI is InChI=1S/C25H23ClFN7O/c1-2-3-21-31-23-16(25-29-14-30-32-25)12-15(33-8-10-35-11-9-33)13-20(23)34(21)19-6-7-28-24-17(26)4-5-18(27)22(19)24/h4-7,12-14H,2-3,8-11H2,1H3,(H,29,30,32). The van der Waals surface area contributed by atoms with E-state index in [1.54, 1.807) is 12.5 Å². The molecule has 1 aliphatic heterocycles. The second-order valence-corrected chi connectivity index (χ2v) is 8.90. The highest BCUT2D eigenvalue weighted by Crippen LogP contribution is 2.37. The highest BCUT2D eigenvalue weighted by Gasteiger charge is 2.23. The van der Waals surface area contributed by atoms with Crippen molar-refractivity contribution in [3.8, 4) is 17.1 Å². The molecule has 1 saturated heterocycles. The lowest BCUT2D eigenvalue weighted by atomic mass is 10.1. The zero-order chi connectivity index (χ0) is 23.9. The molecule has 0 saturated carbocycles. The Labute approximate surface area is 205 Å². The summed E-state index contributed by atoms with van der Waals surface area (Å²) >= 11 is 6.41. The Morgan fingerprint density at radius 3 is 2.77 bits per heavy atom. The molecule has 6 rings (SSSR count). The normalized spacial score (nSPS) is 14.3. The molecule has 178 valence electrons. The predicted octanol–water partition coefficient (Wildman–Crippen LogP) is 4.94. The van der Waals surface area contributed by atoms with Gasteiger partial charge in [-0.15, -0.1) is 10.2 Å². The molecule has 0 aliphatic carbocycles. The van der Waals surface area contributed by atoms with Crippen LogP contribution in [0, 0.1) is 5.82 Å². The van der Waals surface area contributed by atoms with Gasteiger partial charge in [-0.2, -0.15) is 0 Å². The van der Waals surface area contributed by atoms with Gasteiger partial charge < -0.3 is 14.6 Å². The number of hydrogen-bond acceptors (Lipinski definition) is 6. The van der Waals surface area contributed by atoms with Crippen LogP contribution in [-0.4, -0.2) is 56.0 Å². The van der Waals surface area contributed by atoms with E-state index in [0.717, 1.165) is 47.6 Å². The fourth-order valence-electron chi connectivity index (χ4n) is 4.76. The second-order valence-electron chi connectivity index (χ2n) is 8.49. The van der Waals surface area contributed by atoms with Crippen LogP contribution < -0.4 is 4.90 Å². The van der Waals surface area contributed by atoms with E-state index in [9.17, 15) is 0 Å². The van der Waals surface area contributed by atoms with E-state index in [1.165, 1.54) is 12.1 Å². The first-order valence-electron chi connectivity index (χ1n) is 11.6. The van der Waals surface area contributed by atoms with Gasteiger partial charge in [0.25, 0.3) is 0 Å². The summed E-state index contributed by atoms with van der Waals surface area (Å²) in [6, 6.07) is 8.93. The summed E-state index contributed by atoms with van der Waals surface area (Å²) in [6.07, 6.45) is 4.81. The number of benzene rings is 2. The maximum absolute atomic E-state index is 15.2. The summed E-state index contributed by atoms with van der Waals surface area (Å²) in [6.45, 7) is 4.98. The number of pyridine rings is 1. The molecule has 0 bridgehead atoms. The molecule has 0 radical (unpaired) electrons. The smallest absolute Gasteiger partial charge is 0.163 e. The Balaban J connectivity index is 1.70. The quantitative estimate of drug-likeness (QED) is 0.375. The van der Waals surface area contributed by atoms with Crippen molar-refractivity contribution < 1.29 is 9.13 Å². The van der Waals surface area contributed by atoms with E-state index in [4.69, 9.17) is 21.3 Å². The van der Waals surface area contributed by atoms with Crippen LogP contribution in [0.2, 0.25) is 5.02 Å². The number of imidazole rings is 1. The molecule has 1 aliphatic rings. The van der Waals surface area contributed by atoms with E-state index in [-0.39, 0.29) is 5.82 Å². The largest absolute Gasteiger partial charge is 0.378 e. The van der Waals surface area contributed by atoms with E-state index in [2.05, 4.69) is 44.1 Å². The molecule has 1 fully saturated rings. The second kappa shape index (κ2) is 8.90. The van der Waals surface area contributed by atoms with Crippen LogP contribution in [0.25, 0.3) is 39.0 Å². The number of aromatic amines is 1. The fourth-order valence-corrected chi connectivity index (χ4v) is 4.96. The molecule has 2 aromatic carbocycles. The number of H-pyrrole nitrogens is 1. The van der Waals surface area contributed by atoms with Crippen molar-refractivity contribution in [1.82, 2.24) is 29.7 Å². The molecule has 3 aromatic heterocycles. The molecular weight excluding hydrogens is 469 g/mol. The monoisotopic (exact) mass is 491 g/mol. The van der Waals surface area contributed by atoms with Gasteiger partial charge in [-0.1, -0.05) is 18.5 Å². The summed E-state index contributed by atoms with van der Waals surface area (Å²) in [5, 5.41) is 9.03. The third-order valence-electron chi connectivity index (χ3n) is 6.35. The summed E-state index contributed by atoms with van der Waals surface area (Å²) in [5.74, 6) is 1.08. The van der Waals surface area contributed by atoms with Gasteiger partial charge in [-0.25, -0.2) is 9.37 Å². The van der Waals surface area contributed by atoms with Crippen LogP contribution in [0.15, 0.2) is 42.9 Å². The summed E-state index contributed by atoms with van der Waals surface area (Å²) in [7, 11) is 0. The Morgan fingerprint density at radius 2 is 2.00 bits per heavy atom. The van der Waals surface area contributed by atoms with Crippen molar-refractivity contribution in [2.24, 2.45) is 0 Å². The molecule has 1 N–H and O–H groups in total. The number of aromatic nitrogens is 6. The SMILES string of the molecule is CCCc1nc2c(-c3nnc[nH]3)cc(N3CCOCC3)cc2n1-c1ccnc2c(Cl)ccc(F)c12. The summed E-state index contributed by atoms with van der Waals surface area (Å²) < 4.78 is 22.8. The van der Waals surface area contributed by atoms with Gasteiger partial charge in [-0.3, -0.25) is 9.55 Å². The molecule has 10 heteroatoms. The van der Waals surface area contributed by atoms with E-state index in [0.29, 0.717) is 47.1 Å². The molecular formula is C25H23ClFN7O. The van der Waals surface area contributed by atoms with Crippen molar-refractivity contribution >= 4 is 39.2 Å². The molecule has 4 heterocycles. The number of ether oxygens (including phenoxy) is 1. The zero-order valence-electron chi connectivity index (χ0n) is 19.1. The van der Waals surface area contributed by atoms with Gasteiger partial charge in [0.1, 0.15) is 23.5 Å². The molecule has 35 heavy (non-hydrogen) atoms. The molecule has 5 aromatic rings. The van der Waals surface area contributed by atoms with Crippen molar-refractivity contribution in [1.29, 1.82) is 0 Å². The highest BCUT2D eigenvalue weighted by molar-refractivity contribution is 6.35. The summed E-state index contributed by atoms with van der Waals surface area (Å²) in [4.78, 5) is 14.8. The number of nitrogens with zero attached hydrogens (tertiary/aromatic N) is 6. The maximum atomic E-state index is 15.2. The minimum absolute atomic E-state index is 0.370. The topological polar surface area (TPSA) is 84.8 Å². The van der Waals surface area contributed by atoms with Crippen molar-refractivity contribution in [3.05, 3.63) is 59.5 Å². The van der Waals surface area contributed by atoms with Crippen molar-refractivity contribution in [3.63, 3.8) is 0 Å². The molecule has 0 amide bonds.